The van der Waals surface area contributed by atoms with Crippen LogP contribution in [0.25, 0.3) is 11.1 Å². The molecule has 0 radical (unpaired) electrons. The Morgan fingerprint density at radius 1 is 1.11 bits per heavy atom. The van der Waals surface area contributed by atoms with E-state index in [-0.39, 0.29) is 22.6 Å². The van der Waals surface area contributed by atoms with E-state index in [9.17, 15) is 14.0 Å². The van der Waals surface area contributed by atoms with Crippen LogP contribution in [0.1, 0.15) is 16.1 Å². The van der Waals surface area contributed by atoms with Crippen LogP contribution < -0.4 is 11.1 Å². The van der Waals surface area contributed by atoms with Crippen molar-refractivity contribution in [3.63, 3.8) is 0 Å². The highest BCUT2D eigenvalue weighted by molar-refractivity contribution is 6.30. The maximum atomic E-state index is 14.1. The van der Waals surface area contributed by atoms with E-state index in [1.165, 1.54) is 42.6 Å². The van der Waals surface area contributed by atoms with Crippen LogP contribution in [0.15, 0.2) is 54.7 Å². The summed E-state index contributed by atoms with van der Waals surface area (Å²) < 4.78 is 14.1. The number of benzene rings is 2. The summed E-state index contributed by atoms with van der Waals surface area (Å²) in [6.45, 7) is 0. The molecule has 1 heterocycles. The van der Waals surface area contributed by atoms with E-state index < -0.39 is 17.7 Å². The molecule has 0 saturated heterocycles. The van der Waals surface area contributed by atoms with E-state index in [4.69, 9.17) is 22.4 Å². The summed E-state index contributed by atoms with van der Waals surface area (Å²) in [7, 11) is 0. The van der Waals surface area contributed by atoms with Gasteiger partial charge in [-0.3, -0.25) is 15.1 Å². The SMILES string of the molecule is Nc1cc(NC(=O)O)ccc1-c1cc(F)cc(C(=O)c2ccc(Cl)cn2)c1. The van der Waals surface area contributed by atoms with Crippen LogP contribution >= 0.6 is 11.6 Å². The maximum Gasteiger partial charge on any atom is 0.409 e. The lowest BCUT2D eigenvalue weighted by Gasteiger charge is -2.10. The van der Waals surface area contributed by atoms with Crippen molar-refractivity contribution in [3.05, 3.63) is 76.8 Å². The summed E-state index contributed by atoms with van der Waals surface area (Å²) in [5.74, 6) is -1.08. The van der Waals surface area contributed by atoms with Gasteiger partial charge in [0.15, 0.2) is 0 Å². The number of nitrogens with zero attached hydrogens (tertiary/aromatic N) is 1. The number of carbonyl (C=O) groups excluding carboxylic acids is 1. The number of rotatable bonds is 4. The Labute approximate surface area is 158 Å². The number of pyridine rings is 1. The molecular formula is C19H13ClFN3O3. The molecule has 27 heavy (non-hydrogen) atoms. The zero-order valence-electron chi connectivity index (χ0n) is 13.7. The molecule has 0 fully saturated rings. The third kappa shape index (κ3) is 4.21. The minimum absolute atomic E-state index is 0.104. The highest BCUT2D eigenvalue weighted by atomic mass is 35.5. The van der Waals surface area contributed by atoms with Crippen molar-refractivity contribution in [2.45, 2.75) is 0 Å². The molecule has 0 saturated carbocycles. The number of aromatic nitrogens is 1. The number of hydrogen-bond acceptors (Lipinski definition) is 4. The minimum atomic E-state index is -1.23. The molecule has 1 aromatic heterocycles. The molecule has 2 aromatic carbocycles. The number of halogens is 2. The van der Waals surface area contributed by atoms with E-state index in [2.05, 4.69) is 10.3 Å². The first-order valence-corrected chi connectivity index (χ1v) is 8.08. The van der Waals surface area contributed by atoms with Crippen molar-refractivity contribution in [1.29, 1.82) is 0 Å². The molecule has 3 rings (SSSR count). The van der Waals surface area contributed by atoms with Crippen molar-refractivity contribution in [2.75, 3.05) is 11.1 Å². The maximum absolute atomic E-state index is 14.1. The van der Waals surface area contributed by atoms with Crippen LogP contribution in [0, 0.1) is 5.82 Å². The van der Waals surface area contributed by atoms with Crippen LogP contribution in [0.5, 0.6) is 0 Å². The van der Waals surface area contributed by atoms with Gasteiger partial charge in [0.2, 0.25) is 5.78 Å². The Balaban J connectivity index is 1.99. The van der Waals surface area contributed by atoms with Gasteiger partial charge in [-0.1, -0.05) is 17.7 Å². The summed E-state index contributed by atoms with van der Waals surface area (Å²) in [4.78, 5) is 27.2. The number of nitrogen functional groups attached to an aromatic ring is 1. The van der Waals surface area contributed by atoms with Crippen LogP contribution in [-0.2, 0) is 0 Å². The second-order valence-corrected chi connectivity index (χ2v) is 6.09. The molecule has 136 valence electrons. The van der Waals surface area contributed by atoms with Gasteiger partial charge in [-0.05, 0) is 48.0 Å². The molecular weight excluding hydrogens is 373 g/mol. The molecule has 0 aliphatic carbocycles. The number of nitrogens with two attached hydrogens (primary N) is 1. The number of carboxylic acid groups (broad SMARTS) is 1. The molecule has 4 N–H and O–H groups in total. The Morgan fingerprint density at radius 2 is 1.89 bits per heavy atom. The van der Waals surface area contributed by atoms with Gasteiger partial charge in [0.25, 0.3) is 0 Å². The first-order chi connectivity index (χ1) is 12.8. The molecule has 0 unspecified atom stereocenters. The fraction of sp³-hybridized carbons (Fsp3) is 0. The normalized spacial score (nSPS) is 10.4. The summed E-state index contributed by atoms with van der Waals surface area (Å²) in [5, 5.41) is 11.3. The van der Waals surface area contributed by atoms with Gasteiger partial charge < -0.3 is 10.8 Å². The molecule has 0 atom stereocenters. The summed E-state index contributed by atoms with van der Waals surface area (Å²) >= 11 is 5.76. The van der Waals surface area contributed by atoms with E-state index in [1.54, 1.807) is 6.07 Å². The van der Waals surface area contributed by atoms with Gasteiger partial charge in [-0.15, -0.1) is 0 Å². The Morgan fingerprint density at radius 3 is 2.52 bits per heavy atom. The van der Waals surface area contributed by atoms with Crippen LogP contribution in [0.2, 0.25) is 5.02 Å². The predicted molar refractivity (Wildman–Crippen MR) is 101 cm³/mol. The second-order valence-electron chi connectivity index (χ2n) is 5.65. The average molecular weight is 386 g/mol. The Bertz CT molecular complexity index is 1040. The van der Waals surface area contributed by atoms with Gasteiger partial charge in [0.1, 0.15) is 11.5 Å². The first-order valence-electron chi connectivity index (χ1n) is 7.70. The van der Waals surface area contributed by atoms with E-state index in [1.807, 2.05) is 0 Å². The molecule has 0 bridgehead atoms. The van der Waals surface area contributed by atoms with Crippen molar-refractivity contribution >= 4 is 34.9 Å². The van der Waals surface area contributed by atoms with Gasteiger partial charge in [0.05, 0.1) is 5.02 Å². The topological polar surface area (TPSA) is 105 Å². The number of amides is 1. The molecule has 8 heteroatoms. The molecule has 0 spiro atoms. The lowest BCUT2D eigenvalue weighted by Crippen LogP contribution is -2.07. The van der Waals surface area contributed by atoms with Crippen LogP contribution in [0.3, 0.4) is 0 Å². The third-order valence-corrected chi connectivity index (χ3v) is 3.96. The number of anilines is 2. The standard InChI is InChI=1S/C19H13ClFN3O3/c20-12-1-4-17(23-9-12)18(25)11-5-10(6-13(21)7-11)15-3-2-14(8-16(15)22)24-19(26)27/h1-9,24H,22H2,(H,26,27). The van der Waals surface area contributed by atoms with Gasteiger partial charge >= 0.3 is 6.09 Å². The van der Waals surface area contributed by atoms with E-state index >= 15 is 0 Å². The molecule has 1 amide bonds. The summed E-state index contributed by atoms with van der Waals surface area (Å²) in [5.41, 5.74) is 7.55. The Kier molecular flexibility index (Phi) is 5.05. The van der Waals surface area contributed by atoms with E-state index in [0.717, 1.165) is 6.07 Å². The van der Waals surface area contributed by atoms with Crippen molar-refractivity contribution < 1.29 is 19.1 Å². The summed E-state index contributed by atoms with van der Waals surface area (Å²) in [6.07, 6.45) is 0.109. The predicted octanol–water partition coefficient (Wildman–Crippen LogP) is 4.44. The van der Waals surface area contributed by atoms with Gasteiger partial charge in [0, 0.05) is 28.7 Å². The van der Waals surface area contributed by atoms with Crippen molar-refractivity contribution in [2.24, 2.45) is 0 Å². The average Bonchev–Trinajstić information content (AvgIpc) is 2.61. The minimum Gasteiger partial charge on any atom is -0.465 e. The van der Waals surface area contributed by atoms with Crippen molar-refractivity contribution in [1.82, 2.24) is 4.98 Å². The largest absolute Gasteiger partial charge is 0.465 e. The number of ketones is 1. The second kappa shape index (κ2) is 7.43. The molecule has 6 nitrogen and oxygen atoms in total. The van der Waals surface area contributed by atoms with Gasteiger partial charge in [-0.25, -0.2) is 9.18 Å². The zero-order valence-corrected chi connectivity index (χ0v) is 14.5. The quantitative estimate of drug-likeness (QED) is 0.454. The number of hydrogen-bond donors (Lipinski definition) is 3. The molecule has 0 aliphatic rings. The van der Waals surface area contributed by atoms with Crippen molar-refractivity contribution in [3.8, 4) is 11.1 Å². The highest BCUT2D eigenvalue weighted by Gasteiger charge is 2.15. The lowest BCUT2D eigenvalue weighted by atomic mass is 9.98. The van der Waals surface area contributed by atoms with E-state index in [0.29, 0.717) is 16.1 Å². The molecule has 3 aromatic rings. The fourth-order valence-corrected chi connectivity index (χ4v) is 2.67. The monoisotopic (exact) mass is 385 g/mol. The first kappa shape index (κ1) is 18.3. The van der Waals surface area contributed by atoms with Crippen LogP contribution in [0.4, 0.5) is 20.6 Å². The van der Waals surface area contributed by atoms with Gasteiger partial charge in [-0.2, -0.15) is 0 Å². The number of nitrogens with one attached hydrogen (secondary N) is 1. The third-order valence-electron chi connectivity index (χ3n) is 3.73. The lowest BCUT2D eigenvalue weighted by molar-refractivity contribution is 0.103. The fourth-order valence-electron chi connectivity index (χ4n) is 2.56. The zero-order chi connectivity index (χ0) is 19.6. The highest BCUT2D eigenvalue weighted by Crippen LogP contribution is 2.30. The molecule has 0 aliphatic heterocycles. The smallest absolute Gasteiger partial charge is 0.409 e. The number of carbonyl (C=O) groups is 2. The summed E-state index contributed by atoms with van der Waals surface area (Å²) in [6, 6.07) is 11.3. The Hall–Kier alpha value is -3.45. The van der Waals surface area contributed by atoms with Crippen LogP contribution in [-0.4, -0.2) is 22.0 Å².